The fraction of sp³-hybridized carbons (Fsp3) is 0.600. The van der Waals surface area contributed by atoms with Gasteiger partial charge in [0.1, 0.15) is 0 Å². The van der Waals surface area contributed by atoms with E-state index in [0.29, 0.717) is 0 Å². The maximum Gasteiger partial charge on any atom is 0.214 e. The average Bonchev–Trinajstić information content (AvgIpc) is 2.37. The van der Waals surface area contributed by atoms with E-state index in [1.807, 2.05) is 32.0 Å². The smallest absolute Gasteiger partial charge is 0.214 e. The summed E-state index contributed by atoms with van der Waals surface area (Å²) in [4.78, 5) is 0. The third kappa shape index (κ3) is 5.43. The van der Waals surface area contributed by atoms with Crippen molar-refractivity contribution in [3.63, 3.8) is 0 Å². The number of nitrogen functional groups attached to an aromatic ring is 1. The van der Waals surface area contributed by atoms with Crippen molar-refractivity contribution in [3.05, 3.63) is 29.3 Å². The second kappa shape index (κ2) is 8.15. The molecule has 1 aromatic carbocycles. The predicted molar refractivity (Wildman–Crippen MR) is 91.8 cm³/mol. The molecular formula is C15H25ClN2O3S. The largest absolute Gasteiger partial charge is 0.399 e. The number of anilines is 1. The van der Waals surface area contributed by atoms with Crippen molar-refractivity contribution in [1.82, 2.24) is 4.72 Å². The zero-order chi connectivity index (χ0) is 15.5. The minimum absolute atomic E-state index is 0. The van der Waals surface area contributed by atoms with Crippen LogP contribution < -0.4 is 10.5 Å². The molecule has 1 atom stereocenters. The number of nitrogens with one attached hydrogen (secondary N) is 1. The number of benzene rings is 1. The van der Waals surface area contributed by atoms with Crippen LogP contribution in [0.15, 0.2) is 18.2 Å². The third-order valence-corrected chi connectivity index (χ3v) is 4.95. The lowest BCUT2D eigenvalue weighted by molar-refractivity contribution is 0.0911. The minimum Gasteiger partial charge on any atom is -0.399 e. The van der Waals surface area contributed by atoms with Gasteiger partial charge < -0.3 is 10.5 Å². The lowest BCUT2D eigenvalue weighted by atomic mass is 9.88. The molecule has 0 saturated heterocycles. The van der Waals surface area contributed by atoms with Crippen LogP contribution in [0.3, 0.4) is 0 Å². The maximum absolute atomic E-state index is 12.1. The molecule has 0 heterocycles. The molecule has 126 valence electrons. The van der Waals surface area contributed by atoms with E-state index in [4.69, 9.17) is 10.5 Å². The normalized spacial score (nSPS) is 17.9. The Morgan fingerprint density at radius 1 is 1.41 bits per heavy atom. The number of nitrogens with two attached hydrogens (primary N) is 1. The molecule has 0 saturated carbocycles. The van der Waals surface area contributed by atoms with Crippen molar-refractivity contribution in [2.75, 3.05) is 18.1 Å². The first-order chi connectivity index (χ1) is 9.87. The summed E-state index contributed by atoms with van der Waals surface area (Å²) < 4.78 is 32.4. The summed E-state index contributed by atoms with van der Waals surface area (Å²) in [5.74, 6) is -0.00795. The Bertz CT molecular complexity index is 590. The molecule has 1 aromatic rings. The number of ether oxygens (including phenoxy) is 1. The molecule has 5 nitrogen and oxygen atoms in total. The van der Waals surface area contributed by atoms with Gasteiger partial charge >= 0.3 is 0 Å². The molecule has 0 fully saturated rings. The lowest BCUT2D eigenvalue weighted by Gasteiger charge is -2.26. The fourth-order valence-corrected chi connectivity index (χ4v) is 3.74. The summed E-state index contributed by atoms with van der Waals surface area (Å²) in [6, 6.07) is 5.55. The van der Waals surface area contributed by atoms with Gasteiger partial charge in [0.2, 0.25) is 10.0 Å². The average molecular weight is 349 g/mol. The first-order valence-electron chi connectivity index (χ1n) is 7.37. The molecule has 0 aliphatic heterocycles. The Kier molecular flexibility index (Phi) is 7.12. The number of halogens is 1. The zero-order valence-corrected chi connectivity index (χ0v) is 14.7. The Morgan fingerprint density at radius 3 is 2.82 bits per heavy atom. The highest BCUT2D eigenvalue weighted by Gasteiger charge is 2.24. The second-order valence-corrected chi connectivity index (χ2v) is 7.63. The molecule has 0 aromatic heterocycles. The molecule has 0 amide bonds. The van der Waals surface area contributed by atoms with E-state index in [1.165, 1.54) is 0 Å². The van der Waals surface area contributed by atoms with Crippen molar-refractivity contribution in [2.45, 2.75) is 45.3 Å². The van der Waals surface area contributed by atoms with E-state index in [9.17, 15) is 8.42 Å². The van der Waals surface area contributed by atoms with Gasteiger partial charge in [-0.2, -0.15) is 0 Å². The monoisotopic (exact) mass is 348 g/mol. The number of rotatable bonds is 6. The Balaban J connectivity index is 0.00000242. The van der Waals surface area contributed by atoms with E-state index < -0.39 is 10.0 Å². The van der Waals surface area contributed by atoms with Crippen molar-refractivity contribution < 1.29 is 13.2 Å². The van der Waals surface area contributed by atoms with Gasteiger partial charge in [-0.3, -0.25) is 0 Å². The molecule has 2 rings (SSSR count). The molecule has 1 unspecified atom stereocenters. The topological polar surface area (TPSA) is 81.4 Å². The van der Waals surface area contributed by atoms with Crippen molar-refractivity contribution in [3.8, 4) is 0 Å². The summed E-state index contributed by atoms with van der Waals surface area (Å²) in [6.45, 7) is 4.00. The molecule has 0 spiro atoms. The van der Waals surface area contributed by atoms with Crippen LogP contribution >= 0.6 is 12.4 Å². The van der Waals surface area contributed by atoms with Crippen molar-refractivity contribution in [2.24, 2.45) is 0 Å². The lowest BCUT2D eigenvalue weighted by Crippen LogP contribution is -2.34. The summed E-state index contributed by atoms with van der Waals surface area (Å²) in [6.07, 6.45) is 2.78. The SMILES string of the molecule is CC(C)OCCS(=O)(=O)NC1CCCc2cc(N)ccc21.Cl. The maximum atomic E-state index is 12.1. The minimum atomic E-state index is -3.34. The van der Waals surface area contributed by atoms with E-state index in [2.05, 4.69) is 4.72 Å². The number of aryl methyl sites for hydroxylation is 1. The predicted octanol–water partition coefficient (Wildman–Crippen LogP) is 2.41. The summed E-state index contributed by atoms with van der Waals surface area (Å²) in [7, 11) is -3.34. The van der Waals surface area contributed by atoms with Crippen LogP contribution in [0, 0.1) is 0 Å². The Hall–Kier alpha value is -0.820. The second-order valence-electron chi connectivity index (χ2n) is 5.76. The quantitative estimate of drug-likeness (QED) is 0.773. The molecule has 3 N–H and O–H groups in total. The van der Waals surface area contributed by atoms with Crippen LogP contribution in [0.25, 0.3) is 0 Å². The highest BCUT2D eigenvalue weighted by Crippen LogP contribution is 2.31. The van der Waals surface area contributed by atoms with Gasteiger partial charge in [0, 0.05) is 11.7 Å². The molecule has 1 aliphatic rings. The van der Waals surface area contributed by atoms with Crippen LogP contribution in [0.2, 0.25) is 0 Å². The number of fused-ring (bicyclic) bond motifs is 1. The molecule has 0 radical (unpaired) electrons. The summed E-state index contributed by atoms with van der Waals surface area (Å²) in [5.41, 5.74) is 8.71. The van der Waals surface area contributed by atoms with Gasteiger partial charge in [-0.25, -0.2) is 13.1 Å². The van der Waals surface area contributed by atoms with Crippen LogP contribution in [-0.4, -0.2) is 26.9 Å². The van der Waals surface area contributed by atoms with Gasteiger partial charge in [-0.15, -0.1) is 12.4 Å². The van der Waals surface area contributed by atoms with Gasteiger partial charge in [-0.05, 0) is 56.4 Å². The standard InChI is InChI=1S/C15H24N2O3S.ClH/c1-11(2)20-8-9-21(18,19)17-15-5-3-4-12-10-13(16)6-7-14(12)15;/h6-7,10-11,15,17H,3-5,8-9,16H2,1-2H3;1H. The van der Waals surface area contributed by atoms with Gasteiger partial charge in [-0.1, -0.05) is 6.07 Å². The van der Waals surface area contributed by atoms with Crippen LogP contribution in [0.1, 0.15) is 43.9 Å². The highest BCUT2D eigenvalue weighted by atomic mass is 35.5. The Morgan fingerprint density at radius 2 is 2.14 bits per heavy atom. The van der Waals surface area contributed by atoms with E-state index in [0.717, 1.165) is 36.1 Å². The number of hydrogen-bond acceptors (Lipinski definition) is 4. The first-order valence-corrected chi connectivity index (χ1v) is 9.02. The zero-order valence-electron chi connectivity index (χ0n) is 13.0. The van der Waals surface area contributed by atoms with Crippen LogP contribution in [-0.2, 0) is 21.2 Å². The van der Waals surface area contributed by atoms with Gasteiger partial charge in [0.05, 0.1) is 18.5 Å². The summed E-state index contributed by atoms with van der Waals surface area (Å²) >= 11 is 0. The van der Waals surface area contributed by atoms with E-state index in [-0.39, 0.29) is 36.9 Å². The van der Waals surface area contributed by atoms with Crippen molar-refractivity contribution >= 4 is 28.1 Å². The molecule has 22 heavy (non-hydrogen) atoms. The van der Waals surface area contributed by atoms with Crippen LogP contribution in [0.5, 0.6) is 0 Å². The fourth-order valence-electron chi connectivity index (χ4n) is 2.63. The van der Waals surface area contributed by atoms with Gasteiger partial charge in [0.15, 0.2) is 0 Å². The molecular weight excluding hydrogens is 324 g/mol. The van der Waals surface area contributed by atoms with E-state index in [1.54, 1.807) is 0 Å². The third-order valence-electron chi connectivity index (χ3n) is 3.61. The summed E-state index contributed by atoms with van der Waals surface area (Å²) in [5, 5.41) is 0. The molecule has 7 heteroatoms. The highest BCUT2D eigenvalue weighted by molar-refractivity contribution is 7.89. The van der Waals surface area contributed by atoms with Crippen LogP contribution in [0.4, 0.5) is 5.69 Å². The number of sulfonamides is 1. The molecule has 1 aliphatic carbocycles. The van der Waals surface area contributed by atoms with E-state index >= 15 is 0 Å². The first kappa shape index (κ1) is 19.2. The molecule has 0 bridgehead atoms. The van der Waals surface area contributed by atoms with Crippen molar-refractivity contribution in [1.29, 1.82) is 0 Å². The van der Waals surface area contributed by atoms with Gasteiger partial charge in [0.25, 0.3) is 0 Å². The number of hydrogen-bond donors (Lipinski definition) is 2. The Labute approximate surface area is 139 Å².